The molecule has 0 spiro atoms. The lowest BCUT2D eigenvalue weighted by molar-refractivity contribution is 0.471. The number of benzene rings is 1. The van der Waals surface area contributed by atoms with Crippen LogP contribution in [0.1, 0.15) is 5.69 Å². The van der Waals surface area contributed by atoms with E-state index in [9.17, 15) is 0 Å². The standard InChI is InChI=1S/C15H13N3O/c16-9-14-15(6-3-7-17-14)19-12-8-11-4-1-2-5-13(11)18-10-12/h1-8,10H,9,16H2. The molecule has 2 N–H and O–H groups in total. The van der Waals surface area contributed by atoms with Crippen LogP contribution in [0.4, 0.5) is 0 Å². The number of ether oxygens (including phenoxy) is 1. The van der Waals surface area contributed by atoms with Crippen LogP contribution in [-0.2, 0) is 6.54 Å². The van der Waals surface area contributed by atoms with Crippen molar-refractivity contribution in [2.45, 2.75) is 6.54 Å². The topological polar surface area (TPSA) is 61.0 Å². The molecule has 0 aliphatic rings. The first-order valence-corrected chi connectivity index (χ1v) is 6.03. The van der Waals surface area contributed by atoms with E-state index < -0.39 is 0 Å². The monoisotopic (exact) mass is 251 g/mol. The zero-order chi connectivity index (χ0) is 13.1. The van der Waals surface area contributed by atoms with Crippen LogP contribution in [0.2, 0.25) is 0 Å². The summed E-state index contributed by atoms with van der Waals surface area (Å²) in [7, 11) is 0. The van der Waals surface area contributed by atoms with Gasteiger partial charge < -0.3 is 10.5 Å². The molecular formula is C15H13N3O. The van der Waals surface area contributed by atoms with Crippen LogP contribution in [0.15, 0.2) is 54.9 Å². The molecule has 0 saturated carbocycles. The van der Waals surface area contributed by atoms with Crippen LogP contribution in [0, 0.1) is 0 Å². The SMILES string of the molecule is NCc1ncccc1Oc1cnc2ccccc2c1. The highest BCUT2D eigenvalue weighted by molar-refractivity contribution is 5.79. The molecule has 4 heteroatoms. The molecule has 0 amide bonds. The number of rotatable bonds is 3. The van der Waals surface area contributed by atoms with Crippen molar-refractivity contribution >= 4 is 10.9 Å². The molecule has 2 heterocycles. The van der Waals surface area contributed by atoms with Crippen molar-refractivity contribution in [3.05, 3.63) is 60.6 Å². The predicted octanol–water partition coefficient (Wildman–Crippen LogP) is 2.88. The zero-order valence-electron chi connectivity index (χ0n) is 10.3. The predicted molar refractivity (Wildman–Crippen MR) is 73.9 cm³/mol. The van der Waals surface area contributed by atoms with Crippen LogP contribution < -0.4 is 10.5 Å². The Labute approximate surface area is 110 Å². The van der Waals surface area contributed by atoms with Gasteiger partial charge in [0, 0.05) is 18.1 Å². The number of nitrogens with zero attached hydrogens (tertiary/aromatic N) is 2. The summed E-state index contributed by atoms with van der Waals surface area (Å²) in [5.41, 5.74) is 7.31. The fourth-order valence-corrected chi connectivity index (χ4v) is 1.90. The van der Waals surface area contributed by atoms with E-state index in [0.717, 1.165) is 16.6 Å². The summed E-state index contributed by atoms with van der Waals surface area (Å²) in [6.45, 7) is 0.344. The highest BCUT2D eigenvalue weighted by Gasteiger charge is 2.05. The second-order valence-corrected chi connectivity index (χ2v) is 4.12. The average Bonchev–Trinajstić information content (AvgIpc) is 2.48. The molecule has 2 aromatic heterocycles. The lowest BCUT2D eigenvalue weighted by atomic mass is 10.2. The minimum absolute atomic E-state index is 0.344. The van der Waals surface area contributed by atoms with Gasteiger partial charge in [-0.1, -0.05) is 18.2 Å². The first-order valence-electron chi connectivity index (χ1n) is 6.03. The molecular weight excluding hydrogens is 238 g/mol. The number of pyridine rings is 2. The number of para-hydroxylation sites is 1. The van der Waals surface area contributed by atoms with Gasteiger partial charge in [0.05, 0.1) is 17.4 Å². The Morgan fingerprint density at radius 1 is 1.05 bits per heavy atom. The quantitative estimate of drug-likeness (QED) is 0.777. The van der Waals surface area contributed by atoms with Crippen molar-refractivity contribution in [2.24, 2.45) is 5.73 Å². The maximum Gasteiger partial charge on any atom is 0.150 e. The Morgan fingerprint density at radius 3 is 2.84 bits per heavy atom. The highest BCUT2D eigenvalue weighted by atomic mass is 16.5. The Bertz CT molecular complexity index is 712. The van der Waals surface area contributed by atoms with E-state index in [4.69, 9.17) is 10.5 Å². The van der Waals surface area contributed by atoms with Crippen molar-refractivity contribution in [1.29, 1.82) is 0 Å². The van der Waals surface area contributed by atoms with E-state index >= 15 is 0 Å². The maximum absolute atomic E-state index is 5.80. The summed E-state index contributed by atoms with van der Waals surface area (Å²) in [4.78, 5) is 8.54. The van der Waals surface area contributed by atoms with Crippen molar-refractivity contribution in [3.8, 4) is 11.5 Å². The van der Waals surface area contributed by atoms with Crippen molar-refractivity contribution < 1.29 is 4.74 Å². The summed E-state index contributed by atoms with van der Waals surface area (Å²) < 4.78 is 5.80. The summed E-state index contributed by atoms with van der Waals surface area (Å²) in [5, 5.41) is 1.04. The van der Waals surface area contributed by atoms with Gasteiger partial charge in [0.1, 0.15) is 11.5 Å². The summed E-state index contributed by atoms with van der Waals surface area (Å²) >= 11 is 0. The first kappa shape index (κ1) is 11.6. The molecule has 0 aliphatic heterocycles. The molecule has 0 unspecified atom stereocenters. The molecule has 0 saturated heterocycles. The van der Waals surface area contributed by atoms with Crippen LogP contribution in [0.25, 0.3) is 10.9 Å². The van der Waals surface area contributed by atoms with Gasteiger partial charge in [-0.2, -0.15) is 0 Å². The second-order valence-electron chi connectivity index (χ2n) is 4.12. The van der Waals surface area contributed by atoms with Gasteiger partial charge in [0.15, 0.2) is 0 Å². The molecule has 0 radical (unpaired) electrons. The second kappa shape index (κ2) is 5.04. The number of nitrogens with two attached hydrogens (primary N) is 1. The molecule has 19 heavy (non-hydrogen) atoms. The third-order valence-corrected chi connectivity index (χ3v) is 2.84. The number of fused-ring (bicyclic) bond motifs is 1. The zero-order valence-corrected chi connectivity index (χ0v) is 10.3. The van der Waals surface area contributed by atoms with E-state index in [2.05, 4.69) is 9.97 Å². The van der Waals surface area contributed by atoms with Gasteiger partial charge in [-0.05, 0) is 24.3 Å². The third-order valence-electron chi connectivity index (χ3n) is 2.84. The molecule has 94 valence electrons. The van der Waals surface area contributed by atoms with Gasteiger partial charge in [0.25, 0.3) is 0 Å². The lowest BCUT2D eigenvalue weighted by Gasteiger charge is -2.09. The third kappa shape index (κ3) is 2.39. The summed E-state index contributed by atoms with van der Waals surface area (Å²) in [6.07, 6.45) is 3.41. The summed E-state index contributed by atoms with van der Waals surface area (Å²) in [6, 6.07) is 13.5. The van der Waals surface area contributed by atoms with Crippen molar-refractivity contribution in [3.63, 3.8) is 0 Å². The van der Waals surface area contributed by atoms with Crippen molar-refractivity contribution in [2.75, 3.05) is 0 Å². The average molecular weight is 251 g/mol. The maximum atomic E-state index is 5.80. The van der Waals surface area contributed by atoms with E-state index in [0.29, 0.717) is 18.0 Å². The van der Waals surface area contributed by atoms with E-state index in [1.54, 1.807) is 12.4 Å². The van der Waals surface area contributed by atoms with Crippen LogP contribution in [0.5, 0.6) is 11.5 Å². The molecule has 3 aromatic rings. The Morgan fingerprint density at radius 2 is 1.95 bits per heavy atom. The Balaban J connectivity index is 1.96. The Hall–Kier alpha value is -2.46. The van der Waals surface area contributed by atoms with Gasteiger partial charge >= 0.3 is 0 Å². The van der Waals surface area contributed by atoms with E-state index in [1.165, 1.54) is 0 Å². The lowest BCUT2D eigenvalue weighted by Crippen LogP contribution is -2.01. The van der Waals surface area contributed by atoms with Crippen molar-refractivity contribution in [1.82, 2.24) is 9.97 Å². The fourth-order valence-electron chi connectivity index (χ4n) is 1.90. The van der Waals surface area contributed by atoms with Gasteiger partial charge in [-0.25, -0.2) is 0 Å². The van der Waals surface area contributed by atoms with E-state index in [1.807, 2.05) is 42.5 Å². The summed E-state index contributed by atoms with van der Waals surface area (Å²) in [5.74, 6) is 1.35. The molecule has 3 rings (SSSR count). The van der Waals surface area contributed by atoms with Crippen LogP contribution >= 0.6 is 0 Å². The molecule has 0 atom stereocenters. The van der Waals surface area contributed by atoms with Crippen LogP contribution in [-0.4, -0.2) is 9.97 Å². The van der Waals surface area contributed by atoms with Gasteiger partial charge in [-0.15, -0.1) is 0 Å². The fraction of sp³-hybridized carbons (Fsp3) is 0.0667. The van der Waals surface area contributed by atoms with E-state index in [-0.39, 0.29) is 0 Å². The minimum Gasteiger partial charge on any atom is -0.454 e. The molecule has 4 nitrogen and oxygen atoms in total. The largest absolute Gasteiger partial charge is 0.454 e. The van der Waals surface area contributed by atoms with Crippen LogP contribution in [0.3, 0.4) is 0 Å². The number of hydrogen-bond donors (Lipinski definition) is 1. The molecule has 1 aromatic carbocycles. The van der Waals surface area contributed by atoms with Gasteiger partial charge in [0.2, 0.25) is 0 Å². The minimum atomic E-state index is 0.344. The smallest absolute Gasteiger partial charge is 0.150 e. The normalized spacial score (nSPS) is 10.6. The number of hydrogen-bond acceptors (Lipinski definition) is 4. The molecule has 0 fully saturated rings. The number of aromatic nitrogens is 2. The highest BCUT2D eigenvalue weighted by Crippen LogP contribution is 2.25. The molecule has 0 bridgehead atoms. The Kier molecular flexibility index (Phi) is 3.08. The van der Waals surface area contributed by atoms with Gasteiger partial charge in [-0.3, -0.25) is 9.97 Å². The first-order chi connectivity index (χ1) is 9.36. The molecule has 0 aliphatic carbocycles.